The van der Waals surface area contributed by atoms with Crippen LogP contribution in [0.3, 0.4) is 0 Å². The molecule has 0 bridgehead atoms. The molecule has 15 heavy (non-hydrogen) atoms. The molecule has 0 aliphatic carbocycles. The van der Waals surface area contributed by atoms with Gasteiger partial charge in [-0.15, -0.1) is 0 Å². The Morgan fingerprint density at radius 1 is 1.33 bits per heavy atom. The summed E-state index contributed by atoms with van der Waals surface area (Å²) in [6.07, 6.45) is 2.95. The van der Waals surface area contributed by atoms with Crippen LogP contribution in [-0.4, -0.2) is 9.97 Å². The van der Waals surface area contributed by atoms with Crippen LogP contribution in [0.4, 0.5) is 0 Å². The minimum absolute atomic E-state index is 0.0619. The quantitative estimate of drug-likeness (QED) is 0.808. The van der Waals surface area contributed by atoms with Gasteiger partial charge in [-0.2, -0.15) is 0 Å². The topological polar surface area (TPSA) is 55.0 Å². The molecule has 0 fully saturated rings. The van der Waals surface area contributed by atoms with E-state index in [0.29, 0.717) is 5.75 Å². The molecule has 2 aromatic rings. The number of aromatic amines is 1. The van der Waals surface area contributed by atoms with Gasteiger partial charge in [0, 0.05) is 12.4 Å². The fourth-order valence-electron chi connectivity index (χ4n) is 1.19. The molecule has 4 nitrogen and oxygen atoms in total. The van der Waals surface area contributed by atoms with E-state index in [1.807, 2.05) is 25.1 Å². The zero-order valence-corrected chi connectivity index (χ0v) is 8.23. The summed E-state index contributed by atoms with van der Waals surface area (Å²) in [5.74, 6) is 0.702. The Kier molecular flexibility index (Phi) is 2.49. The molecule has 1 heterocycles. The van der Waals surface area contributed by atoms with Crippen LogP contribution in [0.25, 0.3) is 0 Å². The number of aryl methyl sites for hydroxylation is 1. The molecule has 0 aliphatic heterocycles. The largest absolute Gasteiger partial charge is 0.434 e. The van der Waals surface area contributed by atoms with Gasteiger partial charge in [0.15, 0.2) is 0 Å². The third kappa shape index (κ3) is 2.04. The van der Waals surface area contributed by atoms with Gasteiger partial charge in [-0.05, 0) is 18.6 Å². The predicted octanol–water partition coefficient (Wildman–Crippen LogP) is 1.87. The second kappa shape index (κ2) is 3.96. The molecule has 0 atom stereocenters. The van der Waals surface area contributed by atoms with Gasteiger partial charge in [-0.1, -0.05) is 18.2 Å². The van der Waals surface area contributed by atoms with Crippen molar-refractivity contribution in [3.63, 3.8) is 0 Å². The molecule has 0 amide bonds. The average Bonchev–Trinajstić information content (AvgIpc) is 2.24. The van der Waals surface area contributed by atoms with E-state index in [4.69, 9.17) is 4.74 Å². The molecule has 1 aromatic heterocycles. The number of ether oxygens (including phenoxy) is 1. The van der Waals surface area contributed by atoms with Crippen LogP contribution in [-0.2, 0) is 0 Å². The van der Waals surface area contributed by atoms with Crippen molar-refractivity contribution in [1.82, 2.24) is 9.97 Å². The first kappa shape index (κ1) is 9.45. The Morgan fingerprint density at radius 3 is 2.87 bits per heavy atom. The van der Waals surface area contributed by atoms with Crippen molar-refractivity contribution < 1.29 is 4.74 Å². The van der Waals surface area contributed by atoms with Crippen LogP contribution in [0.15, 0.2) is 41.5 Å². The molecule has 1 N–H and O–H groups in total. The highest BCUT2D eigenvalue weighted by atomic mass is 16.5. The fourth-order valence-corrected chi connectivity index (χ4v) is 1.19. The molecule has 0 aliphatic rings. The molecule has 0 radical (unpaired) electrons. The molecule has 0 saturated carbocycles. The Balaban J connectivity index is 2.34. The monoisotopic (exact) mass is 202 g/mol. The number of rotatable bonds is 2. The highest BCUT2D eigenvalue weighted by molar-refractivity contribution is 5.34. The SMILES string of the molecule is Cc1ccccc1Oc1ncc[nH]c1=O. The zero-order chi connectivity index (χ0) is 10.7. The van der Waals surface area contributed by atoms with Crippen molar-refractivity contribution in [2.24, 2.45) is 0 Å². The van der Waals surface area contributed by atoms with Crippen LogP contribution in [0, 0.1) is 6.92 Å². The van der Waals surface area contributed by atoms with Crippen LogP contribution >= 0.6 is 0 Å². The lowest BCUT2D eigenvalue weighted by Gasteiger charge is -2.05. The van der Waals surface area contributed by atoms with Gasteiger partial charge in [0.2, 0.25) is 0 Å². The van der Waals surface area contributed by atoms with Gasteiger partial charge in [-0.3, -0.25) is 4.79 Å². The van der Waals surface area contributed by atoms with Crippen molar-refractivity contribution in [3.8, 4) is 11.6 Å². The molecule has 4 heteroatoms. The van der Waals surface area contributed by atoms with Crippen molar-refractivity contribution in [2.75, 3.05) is 0 Å². The number of nitrogens with zero attached hydrogens (tertiary/aromatic N) is 1. The Hall–Kier alpha value is -2.10. The summed E-state index contributed by atoms with van der Waals surface area (Å²) < 4.78 is 5.39. The third-order valence-electron chi connectivity index (χ3n) is 1.98. The summed E-state index contributed by atoms with van der Waals surface area (Å²) in [4.78, 5) is 17.6. The second-order valence-corrected chi connectivity index (χ2v) is 3.09. The van der Waals surface area contributed by atoms with Crippen LogP contribution in [0.2, 0.25) is 0 Å². The number of aromatic nitrogens is 2. The van der Waals surface area contributed by atoms with Gasteiger partial charge >= 0.3 is 5.56 Å². The summed E-state index contributed by atoms with van der Waals surface area (Å²) in [5, 5.41) is 0. The van der Waals surface area contributed by atoms with Crippen molar-refractivity contribution >= 4 is 0 Å². The van der Waals surface area contributed by atoms with E-state index in [-0.39, 0.29) is 11.4 Å². The second-order valence-electron chi connectivity index (χ2n) is 3.09. The smallest absolute Gasteiger partial charge is 0.311 e. The zero-order valence-electron chi connectivity index (χ0n) is 8.23. The van der Waals surface area contributed by atoms with E-state index in [2.05, 4.69) is 9.97 Å². The molecule has 2 rings (SSSR count). The van der Waals surface area contributed by atoms with Gasteiger partial charge in [0.1, 0.15) is 5.75 Å². The van der Waals surface area contributed by atoms with E-state index in [1.54, 1.807) is 6.07 Å². The van der Waals surface area contributed by atoms with Crippen molar-refractivity contribution in [2.45, 2.75) is 6.92 Å². The lowest BCUT2D eigenvalue weighted by atomic mass is 10.2. The fraction of sp³-hybridized carbons (Fsp3) is 0.0909. The number of para-hydroxylation sites is 1. The van der Waals surface area contributed by atoms with Gasteiger partial charge in [-0.25, -0.2) is 4.98 Å². The maximum atomic E-state index is 11.3. The number of H-pyrrole nitrogens is 1. The first-order valence-electron chi connectivity index (χ1n) is 4.54. The first-order valence-corrected chi connectivity index (χ1v) is 4.54. The first-order chi connectivity index (χ1) is 7.27. The molecule has 1 aromatic carbocycles. The van der Waals surface area contributed by atoms with E-state index in [9.17, 15) is 4.79 Å². The molecule has 0 spiro atoms. The van der Waals surface area contributed by atoms with E-state index < -0.39 is 0 Å². The van der Waals surface area contributed by atoms with Gasteiger partial charge in [0.05, 0.1) is 0 Å². The van der Waals surface area contributed by atoms with E-state index in [1.165, 1.54) is 12.4 Å². The Morgan fingerprint density at radius 2 is 2.13 bits per heavy atom. The molecular formula is C11H10N2O2. The minimum Gasteiger partial charge on any atom is -0.434 e. The third-order valence-corrected chi connectivity index (χ3v) is 1.98. The highest BCUT2D eigenvalue weighted by Crippen LogP contribution is 2.20. The number of benzene rings is 1. The molecule has 0 unspecified atom stereocenters. The van der Waals surface area contributed by atoms with Gasteiger partial charge < -0.3 is 9.72 Å². The number of hydrogen-bond donors (Lipinski definition) is 1. The van der Waals surface area contributed by atoms with Crippen molar-refractivity contribution in [3.05, 3.63) is 52.6 Å². The lowest BCUT2D eigenvalue weighted by molar-refractivity contribution is 0.451. The predicted molar refractivity (Wildman–Crippen MR) is 56.1 cm³/mol. The van der Waals surface area contributed by atoms with E-state index >= 15 is 0 Å². The maximum absolute atomic E-state index is 11.3. The Bertz CT molecular complexity index is 520. The summed E-state index contributed by atoms with van der Waals surface area (Å²) >= 11 is 0. The van der Waals surface area contributed by atoms with Crippen LogP contribution < -0.4 is 10.3 Å². The number of nitrogens with one attached hydrogen (secondary N) is 1. The summed E-state index contributed by atoms with van der Waals surface area (Å²) in [7, 11) is 0. The highest BCUT2D eigenvalue weighted by Gasteiger charge is 2.04. The number of hydrogen-bond acceptors (Lipinski definition) is 3. The summed E-state index contributed by atoms with van der Waals surface area (Å²) in [6, 6.07) is 7.46. The standard InChI is InChI=1S/C11H10N2O2/c1-8-4-2-3-5-9(8)15-11-10(14)12-6-7-13-11/h2-7H,1H3,(H,12,14). The minimum atomic E-state index is -0.333. The average molecular weight is 202 g/mol. The van der Waals surface area contributed by atoms with Crippen LogP contribution in [0.5, 0.6) is 11.6 Å². The van der Waals surface area contributed by atoms with Gasteiger partial charge in [0.25, 0.3) is 5.88 Å². The van der Waals surface area contributed by atoms with Crippen molar-refractivity contribution in [1.29, 1.82) is 0 Å². The van der Waals surface area contributed by atoms with E-state index in [0.717, 1.165) is 5.56 Å². The molecule has 0 saturated heterocycles. The lowest BCUT2D eigenvalue weighted by Crippen LogP contribution is -2.09. The normalized spacial score (nSPS) is 9.93. The Labute approximate surface area is 86.6 Å². The maximum Gasteiger partial charge on any atom is 0.311 e. The molecular weight excluding hydrogens is 192 g/mol. The summed E-state index contributed by atoms with van der Waals surface area (Å²) in [5.41, 5.74) is 0.628. The van der Waals surface area contributed by atoms with Crippen LogP contribution in [0.1, 0.15) is 5.56 Å². The molecule has 76 valence electrons. The summed E-state index contributed by atoms with van der Waals surface area (Å²) in [6.45, 7) is 1.91.